The molecule has 0 fully saturated rings. The molecule has 0 saturated carbocycles. The molecule has 0 unspecified atom stereocenters. The summed E-state index contributed by atoms with van der Waals surface area (Å²) in [6.45, 7) is 0. The third kappa shape index (κ3) is 3.36. The summed E-state index contributed by atoms with van der Waals surface area (Å²) in [4.78, 5) is 6.93. The zero-order chi connectivity index (χ0) is 14.8. The van der Waals surface area contributed by atoms with Crippen molar-refractivity contribution in [3.63, 3.8) is 0 Å². The molecule has 0 aliphatic carbocycles. The molecule has 0 radical (unpaired) electrons. The van der Waals surface area contributed by atoms with Gasteiger partial charge in [0.05, 0.1) is 4.47 Å². The van der Waals surface area contributed by atoms with Crippen LogP contribution in [0.1, 0.15) is 5.69 Å². The Morgan fingerprint density at radius 3 is 2.50 bits per heavy atom. The third-order valence-corrected chi connectivity index (χ3v) is 2.83. The van der Waals surface area contributed by atoms with Gasteiger partial charge < -0.3 is 4.74 Å². The van der Waals surface area contributed by atoms with E-state index in [2.05, 4.69) is 25.9 Å². The number of hydrogen-bond acceptors (Lipinski definition) is 5. The van der Waals surface area contributed by atoms with Gasteiger partial charge in [0.25, 0.3) is 0 Å². The molecule has 0 spiro atoms. The SMILES string of the molecule is NNc1nc(Oc2ccccc2Br)cc(C(F)(F)F)n1. The van der Waals surface area contributed by atoms with E-state index in [1.54, 1.807) is 24.3 Å². The van der Waals surface area contributed by atoms with E-state index in [0.29, 0.717) is 16.3 Å². The summed E-state index contributed by atoms with van der Waals surface area (Å²) in [5.41, 5.74) is 0.816. The van der Waals surface area contributed by atoms with E-state index >= 15 is 0 Å². The molecule has 1 heterocycles. The summed E-state index contributed by atoms with van der Waals surface area (Å²) < 4.78 is 43.9. The average Bonchev–Trinajstić information content (AvgIpc) is 2.40. The molecular weight excluding hydrogens is 341 g/mol. The van der Waals surface area contributed by atoms with Crippen LogP contribution in [-0.4, -0.2) is 9.97 Å². The Morgan fingerprint density at radius 1 is 1.20 bits per heavy atom. The van der Waals surface area contributed by atoms with Crippen LogP contribution in [0.5, 0.6) is 11.6 Å². The second kappa shape index (κ2) is 5.63. The number of nitrogens with two attached hydrogens (primary N) is 1. The quantitative estimate of drug-likeness (QED) is 0.657. The molecule has 0 bridgehead atoms. The molecule has 0 amide bonds. The van der Waals surface area contributed by atoms with Gasteiger partial charge in [-0.05, 0) is 28.1 Å². The lowest BCUT2D eigenvalue weighted by Gasteiger charge is -2.11. The average molecular weight is 349 g/mol. The number of alkyl halides is 3. The van der Waals surface area contributed by atoms with Gasteiger partial charge in [-0.15, -0.1) is 0 Å². The number of aromatic nitrogens is 2. The van der Waals surface area contributed by atoms with Crippen LogP contribution < -0.4 is 16.0 Å². The van der Waals surface area contributed by atoms with E-state index < -0.39 is 11.9 Å². The molecule has 0 saturated heterocycles. The number of nitrogens with zero attached hydrogens (tertiary/aromatic N) is 2. The molecule has 2 aromatic rings. The van der Waals surface area contributed by atoms with Gasteiger partial charge in [-0.1, -0.05) is 12.1 Å². The monoisotopic (exact) mass is 348 g/mol. The maximum atomic E-state index is 12.7. The Labute approximate surface area is 120 Å². The molecule has 2 rings (SSSR count). The van der Waals surface area contributed by atoms with Crippen molar-refractivity contribution in [2.75, 3.05) is 5.43 Å². The summed E-state index contributed by atoms with van der Waals surface area (Å²) in [6.07, 6.45) is -4.62. The molecule has 0 atom stereocenters. The minimum Gasteiger partial charge on any atom is -0.438 e. The van der Waals surface area contributed by atoms with Gasteiger partial charge in [-0.2, -0.15) is 18.2 Å². The highest BCUT2D eigenvalue weighted by molar-refractivity contribution is 9.10. The Kier molecular flexibility index (Phi) is 4.09. The highest BCUT2D eigenvalue weighted by Gasteiger charge is 2.34. The number of ether oxygens (including phenoxy) is 1. The standard InChI is InChI=1S/C11H8BrF3N4O/c12-6-3-1-2-4-7(6)20-9-5-8(11(13,14)15)17-10(18-9)19-16/h1-5H,16H2,(H,17,18,19). The van der Waals surface area contributed by atoms with Crippen LogP contribution in [0.25, 0.3) is 0 Å². The first-order valence-electron chi connectivity index (χ1n) is 5.25. The topological polar surface area (TPSA) is 73.1 Å². The summed E-state index contributed by atoms with van der Waals surface area (Å²) in [7, 11) is 0. The first kappa shape index (κ1) is 14.5. The lowest BCUT2D eigenvalue weighted by molar-refractivity contribution is -0.141. The number of rotatable bonds is 3. The van der Waals surface area contributed by atoms with Gasteiger partial charge in [-0.25, -0.2) is 10.8 Å². The van der Waals surface area contributed by atoms with Crippen molar-refractivity contribution in [2.24, 2.45) is 5.84 Å². The van der Waals surface area contributed by atoms with Gasteiger partial charge in [-0.3, -0.25) is 5.43 Å². The molecule has 106 valence electrons. The van der Waals surface area contributed by atoms with Crippen molar-refractivity contribution in [3.8, 4) is 11.6 Å². The fraction of sp³-hybridized carbons (Fsp3) is 0.0909. The van der Waals surface area contributed by atoms with Crippen molar-refractivity contribution in [1.29, 1.82) is 0 Å². The lowest BCUT2D eigenvalue weighted by Crippen LogP contribution is -2.15. The Bertz CT molecular complexity index is 621. The van der Waals surface area contributed by atoms with Crippen LogP contribution in [0.4, 0.5) is 19.1 Å². The van der Waals surface area contributed by atoms with E-state index in [0.717, 1.165) is 0 Å². The van der Waals surface area contributed by atoms with E-state index in [1.165, 1.54) is 0 Å². The summed E-state index contributed by atoms with van der Waals surface area (Å²) >= 11 is 3.22. The van der Waals surface area contributed by atoms with Crippen LogP contribution in [0.15, 0.2) is 34.8 Å². The predicted octanol–water partition coefficient (Wildman–Crippen LogP) is 3.34. The van der Waals surface area contributed by atoms with E-state index in [-0.39, 0.29) is 11.8 Å². The number of anilines is 1. The first-order valence-corrected chi connectivity index (χ1v) is 6.04. The second-order valence-electron chi connectivity index (χ2n) is 3.59. The zero-order valence-electron chi connectivity index (χ0n) is 9.78. The van der Waals surface area contributed by atoms with Gasteiger partial charge in [0.1, 0.15) is 5.75 Å². The van der Waals surface area contributed by atoms with Gasteiger partial charge >= 0.3 is 6.18 Å². The molecule has 5 nitrogen and oxygen atoms in total. The van der Waals surface area contributed by atoms with Crippen molar-refractivity contribution < 1.29 is 17.9 Å². The number of para-hydroxylation sites is 1. The number of nitrogen functional groups attached to an aromatic ring is 1. The van der Waals surface area contributed by atoms with Crippen molar-refractivity contribution in [2.45, 2.75) is 6.18 Å². The summed E-state index contributed by atoms with van der Waals surface area (Å²) in [5, 5.41) is 0. The van der Waals surface area contributed by atoms with Crippen LogP contribution >= 0.6 is 15.9 Å². The van der Waals surface area contributed by atoms with Crippen molar-refractivity contribution >= 4 is 21.9 Å². The number of hydrazine groups is 1. The fourth-order valence-corrected chi connectivity index (χ4v) is 1.69. The Balaban J connectivity index is 2.39. The molecule has 3 N–H and O–H groups in total. The molecule has 9 heteroatoms. The smallest absolute Gasteiger partial charge is 0.433 e. The molecule has 1 aromatic heterocycles. The normalized spacial score (nSPS) is 11.2. The van der Waals surface area contributed by atoms with Crippen LogP contribution in [-0.2, 0) is 6.18 Å². The summed E-state index contributed by atoms with van der Waals surface area (Å²) in [6, 6.07) is 7.37. The van der Waals surface area contributed by atoms with E-state index in [9.17, 15) is 13.2 Å². The second-order valence-corrected chi connectivity index (χ2v) is 4.44. The lowest BCUT2D eigenvalue weighted by atomic mass is 10.3. The Hall–Kier alpha value is -1.87. The van der Waals surface area contributed by atoms with E-state index in [1.807, 2.05) is 5.43 Å². The molecule has 20 heavy (non-hydrogen) atoms. The number of benzene rings is 1. The highest BCUT2D eigenvalue weighted by atomic mass is 79.9. The van der Waals surface area contributed by atoms with Crippen LogP contribution in [0.2, 0.25) is 0 Å². The zero-order valence-corrected chi connectivity index (χ0v) is 11.4. The number of hydrogen-bond donors (Lipinski definition) is 2. The number of halogens is 4. The minimum atomic E-state index is -4.62. The molecular formula is C11H8BrF3N4O. The van der Waals surface area contributed by atoms with Crippen molar-refractivity contribution in [1.82, 2.24) is 9.97 Å². The van der Waals surface area contributed by atoms with Crippen LogP contribution in [0, 0.1) is 0 Å². The largest absolute Gasteiger partial charge is 0.438 e. The van der Waals surface area contributed by atoms with Gasteiger partial charge in [0, 0.05) is 6.07 Å². The van der Waals surface area contributed by atoms with Crippen molar-refractivity contribution in [3.05, 3.63) is 40.5 Å². The summed E-state index contributed by atoms with van der Waals surface area (Å²) in [5.74, 6) is 4.71. The highest BCUT2D eigenvalue weighted by Crippen LogP contribution is 2.33. The van der Waals surface area contributed by atoms with E-state index in [4.69, 9.17) is 10.6 Å². The number of nitrogens with one attached hydrogen (secondary N) is 1. The molecule has 1 aromatic carbocycles. The first-order chi connectivity index (χ1) is 9.40. The predicted molar refractivity (Wildman–Crippen MR) is 69.1 cm³/mol. The maximum absolute atomic E-state index is 12.7. The third-order valence-electron chi connectivity index (χ3n) is 2.17. The molecule has 0 aliphatic rings. The maximum Gasteiger partial charge on any atom is 0.433 e. The Morgan fingerprint density at radius 2 is 1.90 bits per heavy atom. The van der Waals surface area contributed by atoms with Crippen LogP contribution in [0.3, 0.4) is 0 Å². The van der Waals surface area contributed by atoms with Gasteiger partial charge in [0.15, 0.2) is 5.69 Å². The van der Waals surface area contributed by atoms with Gasteiger partial charge in [0.2, 0.25) is 11.8 Å². The minimum absolute atomic E-state index is 0.271. The molecule has 0 aliphatic heterocycles. The fourth-order valence-electron chi connectivity index (χ4n) is 1.33.